The van der Waals surface area contributed by atoms with E-state index < -0.39 is 0 Å². The van der Waals surface area contributed by atoms with Crippen LogP contribution in [-0.4, -0.2) is 45.2 Å². The number of aromatic nitrogens is 4. The van der Waals surface area contributed by atoms with E-state index in [4.69, 9.17) is 0 Å². The molecule has 5 aromatic rings. The van der Waals surface area contributed by atoms with E-state index in [1.165, 1.54) is 11.0 Å². The number of hydrogen-bond donors (Lipinski definition) is 3. The third-order valence-corrected chi connectivity index (χ3v) is 6.55. The molecule has 1 atom stereocenters. The van der Waals surface area contributed by atoms with E-state index in [-0.39, 0.29) is 17.9 Å². The highest BCUT2D eigenvalue weighted by molar-refractivity contribution is 5.90. The van der Waals surface area contributed by atoms with Gasteiger partial charge in [-0.15, -0.1) is 0 Å². The highest BCUT2D eigenvalue weighted by atomic mass is 19.1. The first-order valence-electron chi connectivity index (χ1n) is 11.9. The standard InChI is InChI=1S/C28H24FN7O/c1-36(2)28(37)32-20-10-17(13-30-15-20)18-11-23-26(34-35-27(23)31-14-18)25-12-22-21(7-4-8-24(22)33-25)16-5-3-6-19(29)9-16/h3-11,13-15,25,33H,12H2,1-2H3,(H,32,37)(H,31,34,35). The zero-order chi connectivity index (χ0) is 25.5. The van der Waals surface area contributed by atoms with Crippen molar-refractivity contribution in [3.05, 3.63) is 90.3 Å². The molecule has 3 aromatic heterocycles. The van der Waals surface area contributed by atoms with Crippen LogP contribution in [0.1, 0.15) is 17.3 Å². The molecule has 0 radical (unpaired) electrons. The third-order valence-electron chi connectivity index (χ3n) is 6.55. The van der Waals surface area contributed by atoms with Crippen molar-refractivity contribution in [2.24, 2.45) is 0 Å². The Morgan fingerprint density at radius 1 is 1.03 bits per heavy atom. The summed E-state index contributed by atoms with van der Waals surface area (Å²) in [5.41, 5.74) is 7.84. The van der Waals surface area contributed by atoms with Crippen molar-refractivity contribution in [3.8, 4) is 22.3 Å². The summed E-state index contributed by atoms with van der Waals surface area (Å²) < 4.78 is 13.9. The van der Waals surface area contributed by atoms with Crippen molar-refractivity contribution < 1.29 is 9.18 Å². The molecule has 37 heavy (non-hydrogen) atoms. The fraction of sp³-hybridized carbons (Fsp3) is 0.143. The van der Waals surface area contributed by atoms with Gasteiger partial charge < -0.3 is 15.5 Å². The number of hydrogen-bond acceptors (Lipinski definition) is 5. The van der Waals surface area contributed by atoms with Gasteiger partial charge in [0.15, 0.2) is 5.65 Å². The van der Waals surface area contributed by atoms with Gasteiger partial charge >= 0.3 is 6.03 Å². The number of pyridine rings is 2. The molecule has 1 aliphatic heterocycles. The van der Waals surface area contributed by atoms with E-state index in [0.29, 0.717) is 17.8 Å². The SMILES string of the molecule is CN(C)C(=O)Nc1cncc(-c2cnc3[nH]nc(C4Cc5c(cccc5-c5cccc(F)c5)N4)c3c2)c1. The second-order valence-electron chi connectivity index (χ2n) is 9.26. The quantitative estimate of drug-likeness (QED) is 0.301. The van der Waals surface area contributed by atoms with Gasteiger partial charge in [-0.05, 0) is 47.0 Å². The van der Waals surface area contributed by atoms with Crippen LogP contribution in [0.5, 0.6) is 0 Å². The topological polar surface area (TPSA) is 98.8 Å². The molecule has 8 nitrogen and oxygen atoms in total. The van der Waals surface area contributed by atoms with Crippen molar-refractivity contribution in [2.75, 3.05) is 24.7 Å². The van der Waals surface area contributed by atoms with Gasteiger partial charge in [-0.2, -0.15) is 5.10 Å². The van der Waals surface area contributed by atoms with Gasteiger partial charge in [0.25, 0.3) is 0 Å². The van der Waals surface area contributed by atoms with E-state index in [1.54, 1.807) is 44.8 Å². The summed E-state index contributed by atoms with van der Waals surface area (Å²) in [6.07, 6.45) is 5.82. The lowest BCUT2D eigenvalue weighted by Gasteiger charge is -2.12. The third kappa shape index (κ3) is 4.24. The molecule has 0 saturated carbocycles. The normalized spacial score (nSPS) is 14.3. The summed E-state index contributed by atoms with van der Waals surface area (Å²) in [4.78, 5) is 22.4. The Kier molecular flexibility index (Phi) is 5.52. The van der Waals surface area contributed by atoms with Gasteiger partial charge in [-0.25, -0.2) is 14.2 Å². The molecular formula is C28H24FN7O. The molecule has 6 rings (SSSR count). The molecule has 0 bridgehead atoms. The average Bonchev–Trinajstić information content (AvgIpc) is 3.52. The molecule has 2 amide bonds. The second kappa shape index (κ2) is 9.02. The molecule has 184 valence electrons. The first-order chi connectivity index (χ1) is 18.0. The Morgan fingerprint density at radius 2 is 1.86 bits per heavy atom. The van der Waals surface area contributed by atoms with Gasteiger partial charge in [0.2, 0.25) is 0 Å². The summed E-state index contributed by atoms with van der Waals surface area (Å²) in [6, 6.07) is 16.3. The summed E-state index contributed by atoms with van der Waals surface area (Å²) in [6.45, 7) is 0. The number of nitrogens with zero attached hydrogens (tertiary/aromatic N) is 4. The number of halogens is 1. The minimum atomic E-state index is -0.255. The van der Waals surface area contributed by atoms with Crippen LogP contribution in [0.15, 0.2) is 73.2 Å². The number of nitrogens with one attached hydrogen (secondary N) is 3. The first-order valence-corrected chi connectivity index (χ1v) is 11.9. The van der Waals surface area contributed by atoms with Crippen molar-refractivity contribution in [2.45, 2.75) is 12.5 Å². The number of carbonyl (C=O) groups is 1. The van der Waals surface area contributed by atoms with Crippen LogP contribution in [0.4, 0.5) is 20.6 Å². The molecule has 0 fully saturated rings. The molecule has 2 aromatic carbocycles. The summed E-state index contributed by atoms with van der Waals surface area (Å²) >= 11 is 0. The number of fused-ring (bicyclic) bond motifs is 2. The van der Waals surface area contributed by atoms with E-state index in [1.807, 2.05) is 36.4 Å². The molecular weight excluding hydrogens is 469 g/mol. The van der Waals surface area contributed by atoms with Crippen molar-refractivity contribution in [1.29, 1.82) is 0 Å². The predicted octanol–water partition coefficient (Wildman–Crippen LogP) is 5.63. The molecule has 0 aliphatic carbocycles. The highest BCUT2D eigenvalue weighted by Gasteiger charge is 2.28. The highest BCUT2D eigenvalue weighted by Crippen LogP contribution is 2.41. The van der Waals surface area contributed by atoms with E-state index in [9.17, 15) is 9.18 Å². The van der Waals surface area contributed by atoms with Gasteiger partial charge in [0.1, 0.15) is 5.82 Å². The van der Waals surface area contributed by atoms with E-state index in [2.05, 4.69) is 30.8 Å². The Balaban J connectivity index is 1.33. The predicted molar refractivity (Wildman–Crippen MR) is 142 cm³/mol. The largest absolute Gasteiger partial charge is 0.376 e. The molecule has 1 aliphatic rings. The first kappa shape index (κ1) is 22.7. The summed E-state index contributed by atoms with van der Waals surface area (Å²) in [5, 5.41) is 15.0. The van der Waals surface area contributed by atoms with Crippen molar-refractivity contribution >= 4 is 28.4 Å². The second-order valence-corrected chi connectivity index (χ2v) is 9.26. The maximum Gasteiger partial charge on any atom is 0.321 e. The Hall–Kier alpha value is -4.79. The Labute approximate surface area is 212 Å². The number of rotatable bonds is 4. The van der Waals surface area contributed by atoms with Crippen molar-refractivity contribution in [1.82, 2.24) is 25.1 Å². The lowest BCUT2D eigenvalue weighted by Crippen LogP contribution is -2.27. The van der Waals surface area contributed by atoms with Crippen LogP contribution in [0.2, 0.25) is 0 Å². The molecule has 9 heteroatoms. The molecule has 0 saturated heterocycles. The molecule has 3 N–H and O–H groups in total. The molecule has 4 heterocycles. The van der Waals surface area contributed by atoms with Gasteiger partial charge in [-0.3, -0.25) is 10.1 Å². The average molecular weight is 494 g/mol. The number of aromatic amines is 1. The number of urea groups is 1. The number of carbonyl (C=O) groups excluding carboxylic acids is 1. The van der Waals surface area contributed by atoms with Crippen LogP contribution in [0.3, 0.4) is 0 Å². The van der Waals surface area contributed by atoms with Crippen LogP contribution in [0.25, 0.3) is 33.3 Å². The zero-order valence-corrected chi connectivity index (χ0v) is 20.3. The summed E-state index contributed by atoms with van der Waals surface area (Å²) in [7, 11) is 3.36. The van der Waals surface area contributed by atoms with E-state index in [0.717, 1.165) is 44.6 Å². The van der Waals surface area contributed by atoms with Gasteiger partial charge in [-0.1, -0.05) is 24.3 Å². The smallest absolute Gasteiger partial charge is 0.321 e. The van der Waals surface area contributed by atoms with Crippen LogP contribution < -0.4 is 10.6 Å². The number of anilines is 2. The fourth-order valence-corrected chi connectivity index (χ4v) is 4.72. The van der Waals surface area contributed by atoms with Crippen LogP contribution in [-0.2, 0) is 6.42 Å². The monoisotopic (exact) mass is 493 g/mol. The van der Waals surface area contributed by atoms with Gasteiger partial charge in [0, 0.05) is 55.1 Å². The number of H-pyrrole nitrogens is 1. The van der Waals surface area contributed by atoms with Crippen molar-refractivity contribution in [3.63, 3.8) is 0 Å². The molecule has 1 unspecified atom stereocenters. The lowest BCUT2D eigenvalue weighted by molar-refractivity contribution is 0.230. The lowest BCUT2D eigenvalue weighted by atomic mass is 9.95. The maximum absolute atomic E-state index is 13.9. The van der Waals surface area contributed by atoms with E-state index >= 15 is 0 Å². The Morgan fingerprint density at radius 3 is 2.70 bits per heavy atom. The zero-order valence-electron chi connectivity index (χ0n) is 20.3. The van der Waals surface area contributed by atoms with Crippen LogP contribution >= 0.6 is 0 Å². The Bertz CT molecular complexity index is 1650. The maximum atomic E-state index is 13.9. The minimum Gasteiger partial charge on any atom is -0.376 e. The van der Waals surface area contributed by atoms with Gasteiger partial charge in [0.05, 0.1) is 23.6 Å². The number of benzene rings is 2. The number of amides is 2. The summed E-state index contributed by atoms with van der Waals surface area (Å²) in [5.74, 6) is -0.255. The van der Waals surface area contributed by atoms with Crippen LogP contribution in [0, 0.1) is 5.82 Å². The minimum absolute atomic E-state index is 0.0700. The fourth-order valence-electron chi connectivity index (χ4n) is 4.72. The molecule has 0 spiro atoms.